The van der Waals surface area contributed by atoms with Crippen molar-refractivity contribution < 1.29 is 19.0 Å². The van der Waals surface area contributed by atoms with Gasteiger partial charge in [-0.05, 0) is 54.2 Å². The highest BCUT2D eigenvalue weighted by atomic mass is 80.0. The molecule has 0 bridgehead atoms. The molecule has 0 N–H and O–H groups in total. The topological polar surface area (TPSA) is 44.8 Å². The summed E-state index contributed by atoms with van der Waals surface area (Å²) in [7, 11) is 0. The lowest BCUT2D eigenvalue weighted by Gasteiger charge is -2.11. The number of esters is 1. The molecule has 0 saturated heterocycles. The number of hydrogen-bond donors (Lipinski definition) is 0. The molecule has 0 aliphatic rings. The van der Waals surface area contributed by atoms with Crippen LogP contribution in [0.25, 0.3) is 0 Å². The Morgan fingerprint density at radius 2 is 0.966 bits per heavy atom. The van der Waals surface area contributed by atoms with E-state index >= 15 is 0 Å². The normalized spacial score (nSPS) is 11.7. The Morgan fingerprint density at radius 1 is 0.586 bits per heavy atom. The summed E-state index contributed by atoms with van der Waals surface area (Å²) in [5, 5.41) is 0. The van der Waals surface area contributed by atoms with Crippen molar-refractivity contribution in [1.82, 2.24) is 0 Å². The lowest BCUT2D eigenvalue weighted by atomic mass is 10.0. The molecule has 0 heterocycles. The van der Waals surface area contributed by atoms with Crippen LogP contribution >= 0.6 is 47.8 Å². The van der Waals surface area contributed by atoms with Crippen molar-refractivity contribution in [3.63, 3.8) is 0 Å². The summed E-state index contributed by atoms with van der Waals surface area (Å²) < 4.78 is 14.9. The van der Waals surface area contributed by atoms with Gasteiger partial charge in [-0.2, -0.15) is 0 Å². The van der Waals surface area contributed by atoms with E-state index in [0.717, 1.165) is 13.0 Å². The highest BCUT2D eigenvalue weighted by molar-refractivity contribution is 9.40. The molecule has 7 heteroatoms. The highest BCUT2D eigenvalue weighted by Gasteiger charge is 2.30. The number of hydrogen-bond acceptors (Lipinski definition) is 4. The molecule has 0 fully saturated rings. The van der Waals surface area contributed by atoms with E-state index in [4.69, 9.17) is 14.2 Å². The Hall–Kier alpha value is 0.830. The Balaban J connectivity index is 3.09. The summed E-state index contributed by atoms with van der Waals surface area (Å²) >= 11 is 9.30. The first-order chi connectivity index (χ1) is 14.0. The summed E-state index contributed by atoms with van der Waals surface area (Å²) in [6.07, 6.45) is 19.2. The van der Waals surface area contributed by atoms with Crippen molar-refractivity contribution in [2.75, 3.05) is 33.0 Å². The van der Waals surface area contributed by atoms with Gasteiger partial charge in [-0.25, -0.2) is 4.79 Å². The molecule has 0 aromatic rings. The van der Waals surface area contributed by atoms with Gasteiger partial charge < -0.3 is 14.2 Å². The van der Waals surface area contributed by atoms with Crippen molar-refractivity contribution in [3.05, 3.63) is 0 Å². The van der Waals surface area contributed by atoms with E-state index in [0.29, 0.717) is 19.8 Å². The minimum atomic E-state index is -1.01. The smallest absolute Gasteiger partial charge is 0.345 e. The minimum Gasteiger partial charge on any atom is -0.461 e. The molecule has 0 aliphatic carbocycles. The van der Waals surface area contributed by atoms with Gasteiger partial charge in [0.2, 0.25) is 2.14 Å². The first kappa shape index (κ1) is 29.8. The molecule has 0 amide bonds. The average Bonchev–Trinajstić information content (AvgIpc) is 2.68. The molecular weight excluding hydrogens is 568 g/mol. The zero-order valence-corrected chi connectivity index (χ0v) is 23.0. The molecule has 29 heavy (non-hydrogen) atoms. The van der Waals surface area contributed by atoms with Crippen LogP contribution in [-0.4, -0.2) is 41.1 Å². The van der Waals surface area contributed by atoms with Crippen LogP contribution in [0.5, 0.6) is 0 Å². The van der Waals surface area contributed by atoms with E-state index in [1.165, 1.54) is 83.5 Å². The van der Waals surface area contributed by atoms with Gasteiger partial charge in [-0.1, -0.05) is 90.4 Å². The maximum absolute atomic E-state index is 11.4. The summed E-state index contributed by atoms with van der Waals surface area (Å²) in [6, 6.07) is 0. The van der Waals surface area contributed by atoms with Crippen molar-refractivity contribution in [3.8, 4) is 0 Å². The fourth-order valence-corrected chi connectivity index (χ4v) is 3.34. The van der Waals surface area contributed by atoms with Gasteiger partial charge in [0.25, 0.3) is 0 Å². The molecule has 0 unspecified atom stereocenters. The van der Waals surface area contributed by atoms with Crippen molar-refractivity contribution in [1.29, 1.82) is 0 Å². The van der Waals surface area contributed by atoms with Crippen molar-refractivity contribution in [2.45, 2.75) is 99.0 Å². The summed E-state index contributed by atoms with van der Waals surface area (Å²) in [5.41, 5.74) is 0. The van der Waals surface area contributed by atoms with E-state index in [-0.39, 0.29) is 6.61 Å². The molecule has 0 radical (unpaired) electrons. The third-order valence-electron chi connectivity index (χ3n) is 4.71. The molecule has 0 aliphatic heterocycles. The molecule has 0 aromatic heterocycles. The van der Waals surface area contributed by atoms with Crippen molar-refractivity contribution >= 4 is 53.8 Å². The SMILES string of the molecule is CCCCCCCCCCCCCCCCOCCOCCOC(=O)C(Br)(Br)Br. The summed E-state index contributed by atoms with van der Waals surface area (Å²) in [4.78, 5) is 11.4. The number of carbonyl (C=O) groups is 1. The van der Waals surface area contributed by atoms with Crippen LogP contribution in [0.1, 0.15) is 96.8 Å². The Kier molecular flexibility index (Phi) is 22.7. The van der Waals surface area contributed by atoms with Gasteiger partial charge in [-0.15, -0.1) is 0 Å². The van der Waals surface area contributed by atoms with E-state index in [9.17, 15) is 4.79 Å². The van der Waals surface area contributed by atoms with E-state index in [1.54, 1.807) is 0 Å². The molecule has 0 aromatic carbocycles. The van der Waals surface area contributed by atoms with Gasteiger partial charge in [0, 0.05) is 6.61 Å². The number of alkyl halides is 3. The molecule has 4 nitrogen and oxygen atoms in total. The second-order valence-corrected chi connectivity index (χ2v) is 14.2. The molecule has 0 saturated carbocycles. The molecule has 0 atom stereocenters. The lowest BCUT2D eigenvalue weighted by molar-refractivity contribution is -0.143. The third-order valence-corrected chi connectivity index (χ3v) is 5.68. The fraction of sp³-hybridized carbons (Fsp3) is 0.955. The predicted octanol–water partition coefficient (Wildman–Crippen LogP) is 7.88. The van der Waals surface area contributed by atoms with E-state index < -0.39 is 8.11 Å². The second-order valence-electron chi connectivity index (χ2n) is 7.45. The number of ether oxygens (including phenoxy) is 3. The number of halogens is 3. The molecule has 0 rings (SSSR count). The van der Waals surface area contributed by atoms with Crippen LogP contribution in [0.15, 0.2) is 0 Å². The van der Waals surface area contributed by atoms with Gasteiger partial charge in [0.15, 0.2) is 0 Å². The molecular formula is C22H41Br3O4. The molecule has 0 spiro atoms. The average molecular weight is 609 g/mol. The van der Waals surface area contributed by atoms with Crippen LogP contribution in [-0.2, 0) is 19.0 Å². The minimum absolute atomic E-state index is 0.225. The number of rotatable bonds is 21. The van der Waals surface area contributed by atoms with Crippen LogP contribution in [0, 0.1) is 0 Å². The van der Waals surface area contributed by atoms with Gasteiger partial charge in [0.05, 0.1) is 19.8 Å². The summed E-state index contributed by atoms with van der Waals surface area (Å²) in [6.45, 7) is 4.79. The predicted molar refractivity (Wildman–Crippen MR) is 132 cm³/mol. The van der Waals surface area contributed by atoms with Gasteiger partial charge >= 0.3 is 5.97 Å². The lowest BCUT2D eigenvalue weighted by Crippen LogP contribution is -2.22. The Labute approximate surface area is 204 Å². The van der Waals surface area contributed by atoms with Crippen LogP contribution in [0.3, 0.4) is 0 Å². The van der Waals surface area contributed by atoms with Gasteiger partial charge in [-0.3, -0.25) is 0 Å². The zero-order chi connectivity index (χ0) is 21.6. The standard InChI is InChI=1S/C22H41Br3O4/c1-2-3-4-5-6-7-8-9-10-11-12-13-14-15-16-27-17-18-28-19-20-29-21(26)22(23,24)25/h2-20H2,1H3. The maximum Gasteiger partial charge on any atom is 0.345 e. The Morgan fingerprint density at radius 3 is 1.41 bits per heavy atom. The van der Waals surface area contributed by atoms with Crippen LogP contribution in [0.4, 0.5) is 0 Å². The van der Waals surface area contributed by atoms with Crippen LogP contribution < -0.4 is 0 Å². The second kappa shape index (κ2) is 22.0. The monoisotopic (exact) mass is 606 g/mol. The number of carbonyl (C=O) groups excluding carboxylic acids is 1. The van der Waals surface area contributed by atoms with Gasteiger partial charge in [0.1, 0.15) is 6.61 Å². The highest BCUT2D eigenvalue weighted by Crippen LogP contribution is 2.34. The fourth-order valence-electron chi connectivity index (χ4n) is 3.00. The first-order valence-electron chi connectivity index (χ1n) is 11.4. The van der Waals surface area contributed by atoms with E-state index in [2.05, 4.69) is 54.7 Å². The first-order valence-corrected chi connectivity index (χ1v) is 13.8. The third kappa shape index (κ3) is 23.3. The number of unbranched alkanes of at least 4 members (excludes halogenated alkanes) is 13. The zero-order valence-electron chi connectivity index (χ0n) is 18.2. The van der Waals surface area contributed by atoms with Crippen LogP contribution in [0.2, 0.25) is 0 Å². The maximum atomic E-state index is 11.4. The van der Waals surface area contributed by atoms with Crippen molar-refractivity contribution in [2.24, 2.45) is 0 Å². The summed E-state index contributed by atoms with van der Waals surface area (Å²) in [5.74, 6) is -0.435. The quantitative estimate of drug-likeness (QED) is 0.0755. The van der Waals surface area contributed by atoms with E-state index in [1.807, 2.05) is 0 Å². The Bertz CT molecular complexity index is 362. The molecule has 174 valence electrons. The largest absolute Gasteiger partial charge is 0.461 e.